The Kier molecular flexibility index (Phi) is 8.37. The SMILES string of the molecule is CSCCCCCCNc1ncnc(NN)c1C(C)C. The number of anilines is 2. The quantitative estimate of drug-likeness (QED) is 0.350. The van der Waals surface area contributed by atoms with Crippen LogP contribution < -0.4 is 16.6 Å². The highest BCUT2D eigenvalue weighted by atomic mass is 32.2. The van der Waals surface area contributed by atoms with Crippen LogP contribution in [-0.4, -0.2) is 28.5 Å². The van der Waals surface area contributed by atoms with Gasteiger partial charge in [-0.15, -0.1) is 0 Å². The van der Waals surface area contributed by atoms with Crippen LogP contribution in [0.4, 0.5) is 11.6 Å². The number of nitrogens with zero attached hydrogens (tertiary/aromatic N) is 2. The first-order valence-electron chi connectivity index (χ1n) is 7.25. The highest BCUT2D eigenvalue weighted by molar-refractivity contribution is 7.98. The van der Waals surface area contributed by atoms with Crippen molar-refractivity contribution in [3.05, 3.63) is 11.9 Å². The van der Waals surface area contributed by atoms with Gasteiger partial charge in [-0.2, -0.15) is 11.8 Å². The monoisotopic (exact) mass is 297 g/mol. The fraction of sp³-hybridized carbons (Fsp3) is 0.714. The van der Waals surface area contributed by atoms with E-state index in [-0.39, 0.29) is 0 Å². The summed E-state index contributed by atoms with van der Waals surface area (Å²) in [6, 6.07) is 0. The molecule has 4 N–H and O–H groups in total. The number of hydrazine groups is 1. The Morgan fingerprint density at radius 3 is 2.50 bits per heavy atom. The smallest absolute Gasteiger partial charge is 0.148 e. The maximum Gasteiger partial charge on any atom is 0.148 e. The minimum Gasteiger partial charge on any atom is -0.370 e. The minimum absolute atomic E-state index is 0.325. The van der Waals surface area contributed by atoms with E-state index >= 15 is 0 Å². The lowest BCUT2D eigenvalue weighted by atomic mass is 10.0. The van der Waals surface area contributed by atoms with Gasteiger partial charge in [-0.05, 0) is 30.8 Å². The molecule has 20 heavy (non-hydrogen) atoms. The lowest BCUT2D eigenvalue weighted by Gasteiger charge is -2.16. The van der Waals surface area contributed by atoms with Crippen LogP contribution in [0.1, 0.15) is 51.0 Å². The second-order valence-electron chi connectivity index (χ2n) is 5.12. The molecule has 0 saturated heterocycles. The fourth-order valence-electron chi connectivity index (χ4n) is 2.13. The van der Waals surface area contributed by atoms with Crippen molar-refractivity contribution in [1.82, 2.24) is 9.97 Å². The molecule has 0 aliphatic rings. The zero-order valence-corrected chi connectivity index (χ0v) is 13.6. The molecule has 5 nitrogen and oxygen atoms in total. The Hall–Kier alpha value is -1.01. The Morgan fingerprint density at radius 2 is 1.85 bits per heavy atom. The second kappa shape index (κ2) is 9.83. The molecule has 0 aromatic carbocycles. The number of hydrogen-bond donors (Lipinski definition) is 3. The minimum atomic E-state index is 0.325. The van der Waals surface area contributed by atoms with Crippen LogP contribution in [-0.2, 0) is 0 Å². The van der Waals surface area contributed by atoms with Crippen molar-refractivity contribution in [2.24, 2.45) is 5.84 Å². The lowest BCUT2D eigenvalue weighted by Crippen LogP contribution is -2.15. The molecule has 0 radical (unpaired) electrons. The molecule has 1 aromatic heterocycles. The third-order valence-electron chi connectivity index (χ3n) is 3.17. The molecule has 0 atom stereocenters. The molecule has 1 aromatic rings. The molecule has 0 unspecified atom stereocenters. The lowest BCUT2D eigenvalue weighted by molar-refractivity contribution is 0.687. The molecule has 0 aliphatic heterocycles. The summed E-state index contributed by atoms with van der Waals surface area (Å²) in [5.41, 5.74) is 3.70. The average molecular weight is 297 g/mol. The van der Waals surface area contributed by atoms with Crippen LogP contribution in [0.2, 0.25) is 0 Å². The van der Waals surface area contributed by atoms with Gasteiger partial charge in [-0.1, -0.05) is 26.7 Å². The number of nitrogens with two attached hydrogens (primary N) is 1. The van der Waals surface area contributed by atoms with Gasteiger partial charge in [-0.25, -0.2) is 15.8 Å². The summed E-state index contributed by atoms with van der Waals surface area (Å²) in [6.07, 6.45) is 8.75. The zero-order valence-electron chi connectivity index (χ0n) is 12.8. The molecule has 0 spiro atoms. The number of rotatable bonds is 10. The predicted octanol–water partition coefficient (Wildman–Crippen LogP) is 3.22. The predicted molar refractivity (Wildman–Crippen MR) is 89.3 cm³/mol. The van der Waals surface area contributed by atoms with Crippen molar-refractivity contribution < 1.29 is 0 Å². The second-order valence-corrected chi connectivity index (χ2v) is 6.10. The van der Waals surface area contributed by atoms with E-state index in [1.54, 1.807) is 6.33 Å². The molecular weight excluding hydrogens is 270 g/mol. The summed E-state index contributed by atoms with van der Waals surface area (Å²) in [6.45, 7) is 5.18. The van der Waals surface area contributed by atoms with Gasteiger partial charge in [0.2, 0.25) is 0 Å². The number of unbranched alkanes of at least 4 members (excludes halogenated alkanes) is 3. The highest BCUT2D eigenvalue weighted by Crippen LogP contribution is 2.27. The standard InChI is InChI=1S/C14H27N5S/c1-11(2)12-13(17-10-18-14(12)19-15)16-8-6-4-5-7-9-20-3/h10-11H,4-9,15H2,1-3H3,(H2,16,17,18,19). The number of aromatic nitrogens is 2. The Balaban J connectivity index is 2.43. The van der Waals surface area contributed by atoms with E-state index in [1.165, 1.54) is 31.4 Å². The summed E-state index contributed by atoms with van der Waals surface area (Å²) < 4.78 is 0. The van der Waals surface area contributed by atoms with Crippen LogP contribution in [0.3, 0.4) is 0 Å². The van der Waals surface area contributed by atoms with E-state index in [0.717, 1.165) is 17.9 Å². The van der Waals surface area contributed by atoms with Crippen LogP contribution in [0.15, 0.2) is 6.33 Å². The van der Waals surface area contributed by atoms with E-state index < -0.39 is 0 Å². The summed E-state index contributed by atoms with van der Waals surface area (Å²) in [5, 5.41) is 3.41. The molecule has 0 bridgehead atoms. The van der Waals surface area contributed by atoms with Crippen molar-refractivity contribution in [2.45, 2.75) is 45.4 Å². The number of hydrogen-bond acceptors (Lipinski definition) is 6. The van der Waals surface area contributed by atoms with Gasteiger partial charge in [0.15, 0.2) is 0 Å². The largest absolute Gasteiger partial charge is 0.370 e. The van der Waals surface area contributed by atoms with Crippen molar-refractivity contribution in [3.8, 4) is 0 Å². The average Bonchev–Trinajstić information content (AvgIpc) is 2.45. The van der Waals surface area contributed by atoms with E-state index in [4.69, 9.17) is 5.84 Å². The van der Waals surface area contributed by atoms with Crippen molar-refractivity contribution in [3.63, 3.8) is 0 Å². The maximum atomic E-state index is 5.51. The van der Waals surface area contributed by atoms with Gasteiger partial charge in [-0.3, -0.25) is 0 Å². The summed E-state index contributed by atoms with van der Waals surface area (Å²) in [7, 11) is 0. The van der Waals surface area contributed by atoms with E-state index in [0.29, 0.717) is 11.7 Å². The van der Waals surface area contributed by atoms with Gasteiger partial charge in [0.05, 0.1) is 0 Å². The van der Waals surface area contributed by atoms with Gasteiger partial charge < -0.3 is 10.7 Å². The summed E-state index contributed by atoms with van der Waals surface area (Å²) >= 11 is 1.92. The topological polar surface area (TPSA) is 75.9 Å². The number of thioether (sulfide) groups is 1. The zero-order chi connectivity index (χ0) is 14.8. The Bertz CT molecular complexity index is 384. The molecule has 0 aliphatic carbocycles. The fourth-order valence-corrected chi connectivity index (χ4v) is 2.62. The first-order chi connectivity index (χ1) is 9.70. The number of nitrogens with one attached hydrogen (secondary N) is 2. The molecule has 6 heteroatoms. The number of nitrogen functional groups attached to an aromatic ring is 1. The molecule has 0 saturated carbocycles. The van der Waals surface area contributed by atoms with E-state index in [9.17, 15) is 0 Å². The molecule has 1 rings (SSSR count). The first-order valence-corrected chi connectivity index (χ1v) is 8.64. The molecule has 114 valence electrons. The van der Waals surface area contributed by atoms with Crippen LogP contribution >= 0.6 is 11.8 Å². The van der Waals surface area contributed by atoms with Gasteiger partial charge >= 0.3 is 0 Å². The Morgan fingerprint density at radius 1 is 1.15 bits per heavy atom. The molecule has 0 fully saturated rings. The van der Waals surface area contributed by atoms with E-state index in [1.807, 2.05) is 11.8 Å². The van der Waals surface area contributed by atoms with Crippen LogP contribution in [0.5, 0.6) is 0 Å². The Labute approximate surface area is 126 Å². The maximum absolute atomic E-state index is 5.51. The van der Waals surface area contributed by atoms with Crippen LogP contribution in [0, 0.1) is 0 Å². The third-order valence-corrected chi connectivity index (χ3v) is 3.86. The normalized spacial score (nSPS) is 10.8. The van der Waals surface area contributed by atoms with Gasteiger partial charge in [0, 0.05) is 12.1 Å². The summed E-state index contributed by atoms with van der Waals surface area (Å²) in [4.78, 5) is 8.50. The first kappa shape index (κ1) is 17.0. The van der Waals surface area contributed by atoms with Crippen molar-refractivity contribution >= 4 is 23.4 Å². The van der Waals surface area contributed by atoms with Crippen molar-refractivity contribution in [2.75, 3.05) is 29.3 Å². The molecule has 1 heterocycles. The highest BCUT2D eigenvalue weighted by Gasteiger charge is 2.13. The molecular formula is C14H27N5S. The van der Waals surface area contributed by atoms with E-state index in [2.05, 4.69) is 40.8 Å². The summed E-state index contributed by atoms with van der Waals surface area (Å²) in [5.74, 6) is 8.70. The van der Waals surface area contributed by atoms with Gasteiger partial charge in [0.25, 0.3) is 0 Å². The third kappa shape index (κ3) is 5.54. The molecule has 0 amide bonds. The van der Waals surface area contributed by atoms with Crippen LogP contribution in [0.25, 0.3) is 0 Å². The van der Waals surface area contributed by atoms with Gasteiger partial charge in [0.1, 0.15) is 18.0 Å². The van der Waals surface area contributed by atoms with Crippen molar-refractivity contribution in [1.29, 1.82) is 0 Å².